The molecule has 0 radical (unpaired) electrons. The van der Waals surface area contributed by atoms with Gasteiger partial charge >= 0.3 is 0 Å². The van der Waals surface area contributed by atoms with Gasteiger partial charge in [-0.25, -0.2) is 17.2 Å². The molecule has 1 aliphatic heterocycles. The van der Waals surface area contributed by atoms with Gasteiger partial charge in [0.05, 0.1) is 0 Å². The highest BCUT2D eigenvalue weighted by Crippen LogP contribution is 2.23. The SMILES string of the molecule is CC(C)CC(=O)N1CCN(S(=O)(=O)c2c(F)cccc2F)CC1. The predicted octanol–water partition coefficient (Wildman–Crippen LogP) is 1.84. The summed E-state index contributed by atoms with van der Waals surface area (Å²) >= 11 is 0. The van der Waals surface area contributed by atoms with Gasteiger partial charge in [0.15, 0.2) is 4.90 Å². The van der Waals surface area contributed by atoms with Crippen LogP contribution in [0.15, 0.2) is 23.1 Å². The number of nitrogens with zero attached hydrogens (tertiary/aromatic N) is 2. The minimum Gasteiger partial charge on any atom is -0.340 e. The van der Waals surface area contributed by atoms with Gasteiger partial charge in [0.2, 0.25) is 15.9 Å². The maximum absolute atomic E-state index is 13.7. The van der Waals surface area contributed by atoms with E-state index in [0.717, 1.165) is 22.5 Å². The van der Waals surface area contributed by atoms with Crippen LogP contribution in [0, 0.1) is 17.6 Å². The number of amides is 1. The average molecular weight is 346 g/mol. The minimum absolute atomic E-state index is 0.0277. The molecule has 0 aliphatic carbocycles. The second-order valence-corrected chi connectivity index (χ2v) is 7.81. The topological polar surface area (TPSA) is 57.7 Å². The molecule has 128 valence electrons. The Hall–Kier alpha value is -1.54. The Morgan fingerprint density at radius 3 is 2.13 bits per heavy atom. The highest BCUT2D eigenvalue weighted by molar-refractivity contribution is 7.89. The summed E-state index contributed by atoms with van der Waals surface area (Å²) in [7, 11) is -4.25. The van der Waals surface area contributed by atoms with Crippen LogP contribution in [0.5, 0.6) is 0 Å². The van der Waals surface area contributed by atoms with Gasteiger partial charge in [-0.2, -0.15) is 4.31 Å². The Kier molecular flexibility index (Phi) is 5.36. The van der Waals surface area contributed by atoms with Crippen molar-refractivity contribution in [1.29, 1.82) is 0 Å². The van der Waals surface area contributed by atoms with Crippen molar-refractivity contribution in [3.8, 4) is 0 Å². The first-order valence-corrected chi connectivity index (χ1v) is 8.89. The fraction of sp³-hybridized carbons (Fsp3) is 0.533. The molecule has 5 nitrogen and oxygen atoms in total. The molecule has 0 saturated carbocycles. The molecule has 1 aromatic rings. The van der Waals surface area contributed by atoms with Crippen LogP contribution in [0.25, 0.3) is 0 Å². The molecule has 23 heavy (non-hydrogen) atoms. The van der Waals surface area contributed by atoms with Crippen molar-refractivity contribution < 1.29 is 22.0 Å². The Morgan fingerprint density at radius 1 is 1.13 bits per heavy atom. The molecule has 1 aliphatic rings. The van der Waals surface area contributed by atoms with Crippen molar-refractivity contribution in [3.63, 3.8) is 0 Å². The average Bonchev–Trinajstić information content (AvgIpc) is 2.46. The second kappa shape index (κ2) is 6.92. The summed E-state index contributed by atoms with van der Waals surface area (Å²) in [5.74, 6) is -2.03. The first kappa shape index (κ1) is 17.8. The van der Waals surface area contributed by atoms with Gasteiger partial charge < -0.3 is 4.90 Å². The lowest BCUT2D eigenvalue weighted by molar-refractivity contribution is -0.133. The van der Waals surface area contributed by atoms with Crippen LogP contribution < -0.4 is 0 Å². The molecule has 1 heterocycles. The zero-order valence-electron chi connectivity index (χ0n) is 13.1. The summed E-state index contributed by atoms with van der Waals surface area (Å²) in [6.07, 6.45) is 0.398. The zero-order valence-corrected chi connectivity index (χ0v) is 13.9. The van der Waals surface area contributed by atoms with Crippen LogP contribution in [0.3, 0.4) is 0 Å². The molecule has 0 N–H and O–H groups in total. The Bertz CT molecular complexity index is 664. The highest BCUT2D eigenvalue weighted by atomic mass is 32.2. The van der Waals surface area contributed by atoms with E-state index in [4.69, 9.17) is 0 Å². The van der Waals surface area contributed by atoms with Gasteiger partial charge in [-0.05, 0) is 18.1 Å². The summed E-state index contributed by atoms with van der Waals surface area (Å²) in [4.78, 5) is 12.6. The Balaban J connectivity index is 2.12. The number of carbonyl (C=O) groups excluding carboxylic acids is 1. The zero-order chi connectivity index (χ0) is 17.2. The second-order valence-electron chi connectivity index (χ2n) is 5.93. The highest BCUT2D eigenvalue weighted by Gasteiger charge is 2.33. The fourth-order valence-corrected chi connectivity index (χ4v) is 4.05. The molecule has 1 saturated heterocycles. The van der Waals surface area contributed by atoms with Crippen LogP contribution in [0.4, 0.5) is 8.78 Å². The van der Waals surface area contributed by atoms with Gasteiger partial charge in [-0.3, -0.25) is 4.79 Å². The molecule has 1 fully saturated rings. The first-order chi connectivity index (χ1) is 10.7. The fourth-order valence-electron chi connectivity index (χ4n) is 2.51. The van der Waals surface area contributed by atoms with Crippen LogP contribution in [0.2, 0.25) is 0 Å². The molecule has 1 amide bonds. The molecular formula is C15H20F2N2O3S. The van der Waals surface area contributed by atoms with Crippen LogP contribution in [0.1, 0.15) is 20.3 Å². The van der Waals surface area contributed by atoms with E-state index in [0.29, 0.717) is 6.42 Å². The molecule has 1 aromatic carbocycles. The third-order valence-corrected chi connectivity index (χ3v) is 5.64. The quantitative estimate of drug-likeness (QED) is 0.836. The van der Waals surface area contributed by atoms with Crippen molar-refractivity contribution in [2.24, 2.45) is 5.92 Å². The summed E-state index contributed by atoms with van der Waals surface area (Å²) in [6, 6.07) is 2.95. The number of sulfonamides is 1. The summed E-state index contributed by atoms with van der Waals surface area (Å²) < 4.78 is 53.4. The maximum Gasteiger partial charge on any atom is 0.249 e. The van der Waals surface area contributed by atoms with E-state index in [1.807, 2.05) is 13.8 Å². The molecule has 0 atom stereocenters. The van der Waals surface area contributed by atoms with Gasteiger partial charge in [-0.1, -0.05) is 19.9 Å². The van der Waals surface area contributed by atoms with Crippen molar-refractivity contribution in [1.82, 2.24) is 9.21 Å². The molecule has 0 aromatic heterocycles. The number of carbonyl (C=O) groups is 1. The smallest absolute Gasteiger partial charge is 0.249 e. The normalized spacial score (nSPS) is 16.8. The van der Waals surface area contributed by atoms with Crippen molar-refractivity contribution in [2.75, 3.05) is 26.2 Å². The molecule has 2 rings (SSSR count). The number of rotatable bonds is 4. The minimum atomic E-state index is -4.25. The van der Waals surface area contributed by atoms with Crippen LogP contribution >= 0.6 is 0 Å². The van der Waals surface area contributed by atoms with E-state index in [1.54, 1.807) is 4.90 Å². The number of piperazine rings is 1. The van der Waals surface area contributed by atoms with Crippen LogP contribution in [-0.2, 0) is 14.8 Å². The number of hydrogen-bond acceptors (Lipinski definition) is 3. The van der Waals surface area contributed by atoms with Gasteiger partial charge in [0, 0.05) is 32.6 Å². The Morgan fingerprint density at radius 2 is 1.65 bits per heavy atom. The van der Waals surface area contributed by atoms with Gasteiger partial charge in [0.25, 0.3) is 0 Å². The lowest BCUT2D eigenvalue weighted by Gasteiger charge is -2.34. The van der Waals surface area contributed by atoms with E-state index in [9.17, 15) is 22.0 Å². The van der Waals surface area contributed by atoms with E-state index in [2.05, 4.69) is 0 Å². The van der Waals surface area contributed by atoms with Crippen LogP contribution in [-0.4, -0.2) is 49.7 Å². The largest absolute Gasteiger partial charge is 0.340 e. The summed E-state index contributed by atoms with van der Waals surface area (Å²) in [5.41, 5.74) is 0. The van der Waals surface area contributed by atoms with Crippen molar-refractivity contribution in [3.05, 3.63) is 29.8 Å². The summed E-state index contributed by atoms with van der Waals surface area (Å²) in [6.45, 7) is 4.36. The van der Waals surface area contributed by atoms with Gasteiger partial charge in [0.1, 0.15) is 11.6 Å². The number of halogens is 2. The van der Waals surface area contributed by atoms with E-state index in [1.165, 1.54) is 0 Å². The Labute approximate surface area is 134 Å². The molecule has 0 spiro atoms. The third-order valence-electron chi connectivity index (χ3n) is 3.69. The third kappa shape index (κ3) is 3.87. The van der Waals surface area contributed by atoms with E-state index in [-0.39, 0.29) is 38.0 Å². The lowest BCUT2D eigenvalue weighted by atomic mass is 10.1. The molecule has 0 bridgehead atoms. The number of hydrogen-bond donors (Lipinski definition) is 0. The maximum atomic E-state index is 13.7. The molecule has 0 unspecified atom stereocenters. The van der Waals surface area contributed by atoms with Gasteiger partial charge in [-0.15, -0.1) is 0 Å². The molecular weight excluding hydrogens is 326 g/mol. The molecule has 8 heteroatoms. The van der Waals surface area contributed by atoms with Crippen molar-refractivity contribution in [2.45, 2.75) is 25.2 Å². The van der Waals surface area contributed by atoms with E-state index >= 15 is 0 Å². The first-order valence-electron chi connectivity index (χ1n) is 7.45. The predicted molar refractivity (Wildman–Crippen MR) is 81.2 cm³/mol. The van der Waals surface area contributed by atoms with Crippen molar-refractivity contribution >= 4 is 15.9 Å². The summed E-state index contributed by atoms with van der Waals surface area (Å²) in [5, 5.41) is 0. The monoisotopic (exact) mass is 346 g/mol. The lowest BCUT2D eigenvalue weighted by Crippen LogP contribution is -2.50. The number of benzene rings is 1. The van der Waals surface area contributed by atoms with E-state index < -0.39 is 26.6 Å². The standard InChI is InChI=1S/C15H20F2N2O3S/c1-11(2)10-14(20)18-6-8-19(9-7-18)23(21,22)15-12(16)4-3-5-13(15)17/h3-5,11H,6-10H2,1-2H3.